The van der Waals surface area contributed by atoms with Crippen molar-refractivity contribution in [2.75, 3.05) is 6.54 Å². The van der Waals surface area contributed by atoms with Gasteiger partial charge in [0.1, 0.15) is 18.3 Å². The van der Waals surface area contributed by atoms with E-state index in [-0.39, 0.29) is 15.7 Å². The van der Waals surface area contributed by atoms with Crippen LogP contribution in [0.5, 0.6) is 0 Å². The molecular formula is C17H28IN3O5. The molecule has 2 rings (SSSR count). The minimum absolute atomic E-state index is 0.0900. The molecule has 26 heavy (non-hydrogen) atoms. The van der Waals surface area contributed by atoms with Crippen molar-refractivity contribution >= 4 is 22.6 Å². The molecule has 2 unspecified atom stereocenters. The number of rotatable bonds is 8. The van der Waals surface area contributed by atoms with E-state index in [1.807, 2.05) is 13.8 Å². The Bertz CT molecular complexity index is 717. The fourth-order valence-electron chi connectivity index (χ4n) is 2.96. The third kappa shape index (κ3) is 4.94. The molecule has 0 saturated carbocycles. The van der Waals surface area contributed by atoms with Crippen molar-refractivity contribution < 1.29 is 14.9 Å². The van der Waals surface area contributed by atoms with E-state index >= 15 is 0 Å². The van der Waals surface area contributed by atoms with Crippen molar-refractivity contribution in [2.24, 2.45) is 0 Å². The van der Waals surface area contributed by atoms with E-state index in [0.29, 0.717) is 6.42 Å². The van der Waals surface area contributed by atoms with Crippen LogP contribution in [0.2, 0.25) is 0 Å². The van der Waals surface area contributed by atoms with Gasteiger partial charge in [0.05, 0.1) is 18.3 Å². The smallest absolute Gasteiger partial charge is 0.329 e. The number of alkyl halides is 1. The van der Waals surface area contributed by atoms with Gasteiger partial charge in [0, 0.05) is 9.62 Å². The molecule has 0 aromatic carbocycles. The maximum atomic E-state index is 12.2. The van der Waals surface area contributed by atoms with Crippen molar-refractivity contribution in [3.05, 3.63) is 32.6 Å². The van der Waals surface area contributed by atoms with Crippen molar-refractivity contribution in [1.29, 1.82) is 0 Å². The fourth-order valence-corrected chi connectivity index (χ4v) is 3.39. The largest absolute Gasteiger partial charge is 0.388 e. The summed E-state index contributed by atoms with van der Waals surface area (Å²) in [6.07, 6.45) is -0.107. The zero-order valence-corrected chi connectivity index (χ0v) is 17.5. The molecule has 1 aliphatic rings. The van der Waals surface area contributed by atoms with Gasteiger partial charge in [0.2, 0.25) is 0 Å². The Kier molecular flexibility index (Phi) is 7.43. The molecule has 4 N–H and O–H groups in total. The van der Waals surface area contributed by atoms with Crippen LogP contribution in [-0.2, 0) is 11.4 Å². The summed E-state index contributed by atoms with van der Waals surface area (Å²) in [6, 6.07) is 0. The zero-order valence-electron chi connectivity index (χ0n) is 15.4. The third-order valence-corrected chi connectivity index (χ3v) is 5.98. The Morgan fingerprint density at radius 1 is 1.35 bits per heavy atom. The Labute approximate surface area is 166 Å². The highest BCUT2D eigenvalue weighted by molar-refractivity contribution is 14.1. The fraction of sp³-hybridized carbons (Fsp3) is 0.765. The van der Waals surface area contributed by atoms with Crippen LogP contribution >= 0.6 is 22.6 Å². The normalized spacial score (nSPS) is 28.2. The predicted octanol–water partition coefficient (Wildman–Crippen LogP) is 0.649. The van der Waals surface area contributed by atoms with Gasteiger partial charge in [0.15, 0.2) is 0 Å². The molecule has 1 aromatic rings. The standard InChI is InChI=1S/C17H28IN3O5/c1-4-6-19-9-21-8-10(15(24)20-16(21)25)14-13(23)12(22)11(26-14)7-17(3,18)5-2/h8,11-14,19,22-23H,4-7,9H2,1-3H3,(H,20,24,25)/t11-,12-,13-,14?,17?/m1/s1. The summed E-state index contributed by atoms with van der Waals surface area (Å²) in [6.45, 7) is 7.08. The average molecular weight is 481 g/mol. The second kappa shape index (κ2) is 8.96. The zero-order chi connectivity index (χ0) is 19.5. The number of ether oxygens (including phenoxy) is 1. The number of hydrogen-bond acceptors (Lipinski definition) is 6. The summed E-state index contributed by atoms with van der Waals surface area (Å²) in [4.78, 5) is 26.5. The van der Waals surface area contributed by atoms with E-state index in [1.54, 1.807) is 0 Å². The van der Waals surface area contributed by atoms with Crippen LogP contribution in [0.3, 0.4) is 0 Å². The molecular weight excluding hydrogens is 453 g/mol. The van der Waals surface area contributed by atoms with E-state index in [4.69, 9.17) is 4.74 Å². The maximum Gasteiger partial charge on any atom is 0.329 e. The molecule has 5 atom stereocenters. The number of hydrogen-bond donors (Lipinski definition) is 4. The number of H-pyrrole nitrogens is 1. The third-order valence-electron chi connectivity index (χ3n) is 4.78. The number of halogens is 1. The lowest BCUT2D eigenvalue weighted by Crippen LogP contribution is -2.38. The van der Waals surface area contributed by atoms with E-state index in [1.165, 1.54) is 10.8 Å². The van der Waals surface area contributed by atoms with Crippen LogP contribution < -0.4 is 16.6 Å². The summed E-state index contributed by atoms with van der Waals surface area (Å²) in [5.41, 5.74) is -0.993. The van der Waals surface area contributed by atoms with Crippen LogP contribution in [0, 0.1) is 0 Å². The van der Waals surface area contributed by atoms with Crippen molar-refractivity contribution in [3.63, 3.8) is 0 Å². The highest BCUT2D eigenvalue weighted by atomic mass is 127. The van der Waals surface area contributed by atoms with Crippen molar-refractivity contribution in [3.8, 4) is 0 Å². The first-order valence-electron chi connectivity index (χ1n) is 8.95. The highest BCUT2D eigenvalue weighted by Crippen LogP contribution is 2.38. The molecule has 0 spiro atoms. The van der Waals surface area contributed by atoms with E-state index in [9.17, 15) is 19.8 Å². The number of aliphatic hydroxyl groups is 2. The first-order chi connectivity index (χ1) is 12.2. The molecule has 9 heteroatoms. The molecule has 0 radical (unpaired) electrons. The lowest BCUT2D eigenvalue weighted by Gasteiger charge is -2.25. The molecule has 1 aliphatic heterocycles. The topological polar surface area (TPSA) is 117 Å². The summed E-state index contributed by atoms with van der Waals surface area (Å²) in [5, 5.41) is 23.9. The first-order valence-corrected chi connectivity index (χ1v) is 10.0. The number of nitrogens with one attached hydrogen (secondary N) is 2. The van der Waals surface area contributed by atoms with Gasteiger partial charge in [-0.1, -0.05) is 43.4 Å². The minimum Gasteiger partial charge on any atom is -0.388 e. The number of aromatic nitrogens is 2. The number of aliphatic hydroxyl groups excluding tert-OH is 2. The Balaban J connectivity index is 2.25. The SMILES string of the molecule is CCCNCn1cc(C2O[C@H](CC(C)(I)CC)[C@@H](O)[C@H]2O)c(=O)[nH]c1=O. The summed E-state index contributed by atoms with van der Waals surface area (Å²) in [5.74, 6) is 0. The molecule has 0 amide bonds. The number of nitrogens with zero attached hydrogens (tertiary/aromatic N) is 1. The molecule has 1 aromatic heterocycles. The molecule has 1 fully saturated rings. The second-order valence-corrected chi connectivity index (χ2v) is 9.62. The van der Waals surface area contributed by atoms with Crippen molar-refractivity contribution in [2.45, 2.75) is 74.5 Å². The molecule has 1 saturated heterocycles. The van der Waals surface area contributed by atoms with Gasteiger partial charge in [-0.25, -0.2) is 4.79 Å². The van der Waals surface area contributed by atoms with Gasteiger partial charge in [-0.15, -0.1) is 0 Å². The van der Waals surface area contributed by atoms with Crippen LogP contribution in [0.25, 0.3) is 0 Å². The Morgan fingerprint density at radius 3 is 2.65 bits per heavy atom. The van der Waals surface area contributed by atoms with Crippen molar-refractivity contribution in [1.82, 2.24) is 14.9 Å². The van der Waals surface area contributed by atoms with Gasteiger partial charge in [-0.05, 0) is 25.8 Å². The van der Waals surface area contributed by atoms with Gasteiger partial charge in [0.25, 0.3) is 5.56 Å². The van der Waals surface area contributed by atoms with E-state index in [2.05, 4.69) is 39.8 Å². The summed E-state index contributed by atoms with van der Waals surface area (Å²) in [7, 11) is 0. The minimum atomic E-state index is -1.22. The monoisotopic (exact) mass is 481 g/mol. The lowest BCUT2D eigenvalue weighted by atomic mass is 9.96. The summed E-state index contributed by atoms with van der Waals surface area (Å²) >= 11 is 2.31. The van der Waals surface area contributed by atoms with E-state index in [0.717, 1.165) is 19.4 Å². The molecule has 148 valence electrons. The highest BCUT2D eigenvalue weighted by Gasteiger charge is 2.46. The second-order valence-electron chi connectivity index (χ2n) is 7.02. The van der Waals surface area contributed by atoms with Gasteiger partial charge in [-0.2, -0.15) is 0 Å². The van der Waals surface area contributed by atoms with Gasteiger partial charge in [-0.3, -0.25) is 19.7 Å². The van der Waals surface area contributed by atoms with E-state index < -0.39 is 35.7 Å². The summed E-state index contributed by atoms with van der Waals surface area (Å²) < 4.78 is 7.09. The maximum absolute atomic E-state index is 12.2. The van der Waals surface area contributed by atoms with Gasteiger partial charge >= 0.3 is 5.69 Å². The lowest BCUT2D eigenvalue weighted by molar-refractivity contribution is -0.00167. The molecule has 0 aliphatic carbocycles. The van der Waals surface area contributed by atoms with Crippen LogP contribution in [0.15, 0.2) is 15.8 Å². The average Bonchev–Trinajstić information content (AvgIpc) is 2.85. The Hall–Kier alpha value is -0.750. The predicted molar refractivity (Wildman–Crippen MR) is 107 cm³/mol. The van der Waals surface area contributed by atoms with Crippen LogP contribution in [0.1, 0.15) is 51.7 Å². The quantitative estimate of drug-likeness (QED) is 0.246. The molecule has 2 heterocycles. The number of aromatic amines is 1. The van der Waals surface area contributed by atoms with Crippen LogP contribution in [-0.4, -0.2) is 48.0 Å². The Morgan fingerprint density at radius 2 is 2.04 bits per heavy atom. The molecule has 8 nitrogen and oxygen atoms in total. The van der Waals surface area contributed by atoms with Gasteiger partial charge < -0.3 is 14.9 Å². The molecule has 0 bridgehead atoms. The first kappa shape index (κ1) is 21.5. The van der Waals surface area contributed by atoms with Crippen LogP contribution in [0.4, 0.5) is 0 Å².